The molecular weight excluding hydrogens is 166 g/mol. The van der Waals surface area contributed by atoms with Crippen LogP contribution in [0.4, 0.5) is 0 Å². The summed E-state index contributed by atoms with van der Waals surface area (Å²) >= 11 is 0. The molecule has 3 heteroatoms. The summed E-state index contributed by atoms with van der Waals surface area (Å²) in [5.74, 6) is 0.441. The number of hydrogen-bond donors (Lipinski definition) is 0. The average molecular weight is 183 g/mol. The van der Waals surface area contributed by atoms with Crippen LogP contribution in [0.1, 0.15) is 25.7 Å². The highest BCUT2D eigenvalue weighted by Crippen LogP contribution is 2.24. The molecule has 74 valence electrons. The smallest absolute Gasteiger partial charge is 0.149 e. The van der Waals surface area contributed by atoms with Crippen LogP contribution in [-0.4, -0.2) is 43.0 Å². The predicted molar refractivity (Wildman–Crippen MR) is 49.6 cm³/mol. The summed E-state index contributed by atoms with van der Waals surface area (Å²) in [5.41, 5.74) is 0. The normalized spacial score (nSPS) is 35.9. The van der Waals surface area contributed by atoms with Gasteiger partial charge in [0.2, 0.25) is 0 Å². The predicted octanol–water partition coefficient (Wildman–Crippen LogP) is 0.829. The van der Waals surface area contributed by atoms with Gasteiger partial charge in [-0.25, -0.2) is 0 Å². The van der Waals surface area contributed by atoms with E-state index < -0.39 is 0 Å². The molecule has 2 fully saturated rings. The van der Waals surface area contributed by atoms with E-state index in [1.54, 1.807) is 7.11 Å². The largest absolute Gasteiger partial charge is 0.380 e. The van der Waals surface area contributed by atoms with E-state index in [1.807, 2.05) is 0 Å². The summed E-state index contributed by atoms with van der Waals surface area (Å²) in [5, 5.41) is 0. The zero-order valence-electron chi connectivity index (χ0n) is 8.16. The van der Waals surface area contributed by atoms with E-state index in [0.29, 0.717) is 11.9 Å². The fourth-order valence-electron chi connectivity index (χ4n) is 2.41. The number of likely N-dealkylation sites (tertiary alicyclic amines) is 1. The van der Waals surface area contributed by atoms with E-state index in [-0.39, 0.29) is 6.04 Å². The first kappa shape index (κ1) is 9.16. The summed E-state index contributed by atoms with van der Waals surface area (Å²) < 4.78 is 5.28. The first-order valence-corrected chi connectivity index (χ1v) is 5.11. The molecule has 0 aromatic heterocycles. The first-order chi connectivity index (χ1) is 6.31. The summed E-state index contributed by atoms with van der Waals surface area (Å²) in [6.07, 6.45) is 4.37. The molecule has 0 N–H and O–H groups in total. The van der Waals surface area contributed by atoms with E-state index in [9.17, 15) is 4.79 Å². The molecule has 1 saturated heterocycles. The van der Waals surface area contributed by atoms with Crippen molar-refractivity contribution in [2.24, 2.45) is 0 Å². The molecule has 3 nitrogen and oxygen atoms in total. The van der Waals surface area contributed by atoms with Crippen molar-refractivity contribution in [3.8, 4) is 0 Å². The van der Waals surface area contributed by atoms with Gasteiger partial charge in [-0.1, -0.05) is 0 Å². The van der Waals surface area contributed by atoms with Gasteiger partial charge in [0.1, 0.15) is 5.78 Å². The topological polar surface area (TPSA) is 29.5 Å². The Bertz CT molecular complexity index is 205. The second-order valence-corrected chi connectivity index (χ2v) is 4.02. The SMILES string of the molecule is COC1CCN(C2CCCC2=O)C1. The van der Waals surface area contributed by atoms with Crippen molar-refractivity contribution in [3.63, 3.8) is 0 Å². The van der Waals surface area contributed by atoms with Gasteiger partial charge in [0.25, 0.3) is 0 Å². The standard InChI is InChI=1S/C10H17NO2/c1-13-8-5-6-11(7-8)9-3-2-4-10(9)12/h8-9H,2-7H2,1H3. The lowest BCUT2D eigenvalue weighted by Crippen LogP contribution is -2.37. The van der Waals surface area contributed by atoms with Gasteiger partial charge in [-0.2, -0.15) is 0 Å². The third-order valence-corrected chi connectivity index (χ3v) is 3.22. The Kier molecular flexibility index (Phi) is 2.65. The second-order valence-electron chi connectivity index (χ2n) is 4.02. The Morgan fingerprint density at radius 3 is 2.85 bits per heavy atom. The minimum absolute atomic E-state index is 0.222. The zero-order chi connectivity index (χ0) is 9.26. The van der Waals surface area contributed by atoms with E-state index in [1.165, 1.54) is 0 Å². The molecular formula is C10H17NO2. The fraction of sp³-hybridized carbons (Fsp3) is 0.900. The van der Waals surface area contributed by atoms with Gasteiger partial charge in [0, 0.05) is 26.6 Å². The van der Waals surface area contributed by atoms with Crippen molar-refractivity contribution in [3.05, 3.63) is 0 Å². The number of rotatable bonds is 2. The molecule has 0 aromatic carbocycles. The lowest BCUT2D eigenvalue weighted by atomic mass is 10.2. The molecule has 1 heterocycles. The van der Waals surface area contributed by atoms with Crippen LogP contribution in [0.2, 0.25) is 0 Å². The van der Waals surface area contributed by atoms with Gasteiger partial charge in [-0.15, -0.1) is 0 Å². The highest BCUT2D eigenvalue weighted by Gasteiger charge is 2.34. The van der Waals surface area contributed by atoms with Crippen molar-refractivity contribution < 1.29 is 9.53 Å². The lowest BCUT2D eigenvalue weighted by Gasteiger charge is -2.21. The van der Waals surface area contributed by atoms with Gasteiger partial charge < -0.3 is 4.74 Å². The maximum absolute atomic E-state index is 11.5. The number of methoxy groups -OCH3 is 1. The molecule has 2 rings (SSSR count). The minimum atomic E-state index is 0.222. The lowest BCUT2D eigenvalue weighted by molar-refractivity contribution is -0.121. The first-order valence-electron chi connectivity index (χ1n) is 5.11. The van der Waals surface area contributed by atoms with E-state index in [2.05, 4.69) is 4.90 Å². The number of ketones is 1. The quantitative estimate of drug-likeness (QED) is 0.635. The van der Waals surface area contributed by atoms with Gasteiger partial charge in [-0.3, -0.25) is 9.69 Å². The van der Waals surface area contributed by atoms with E-state index >= 15 is 0 Å². The third-order valence-electron chi connectivity index (χ3n) is 3.22. The zero-order valence-corrected chi connectivity index (χ0v) is 8.16. The number of carbonyl (C=O) groups is 1. The summed E-state index contributed by atoms with van der Waals surface area (Å²) in [6, 6.07) is 0.222. The number of ether oxygens (including phenoxy) is 1. The van der Waals surface area contributed by atoms with Gasteiger partial charge in [-0.05, 0) is 19.3 Å². The fourth-order valence-corrected chi connectivity index (χ4v) is 2.41. The van der Waals surface area contributed by atoms with Crippen LogP contribution in [-0.2, 0) is 9.53 Å². The number of Topliss-reactive ketones (excluding diaryl/α,β-unsaturated/α-hetero) is 1. The van der Waals surface area contributed by atoms with Crippen LogP contribution in [0.15, 0.2) is 0 Å². The molecule has 0 bridgehead atoms. The van der Waals surface area contributed by atoms with Crippen LogP contribution < -0.4 is 0 Å². The van der Waals surface area contributed by atoms with Crippen molar-refractivity contribution >= 4 is 5.78 Å². The van der Waals surface area contributed by atoms with Crippen LogP contribution in [0, 0.1) is 0 Å². The van der Waals surface area contributed by atoms with Crippen LogP contribution in [0.5, 0.6) is 0 Å². The third kappa shape index (κ3) is 1.76. The molecule has 0 amide bonds. The second kappa shape index (κ2) is 3.76. The van der Waals surface area contributed by atoms with Crippen molar-refractivity contribution in [1.82, 2.24) is 4.90 Å². The van der Waals surface area contributed by atoms with Gasteiger partial charge in [0.05, 0.1) is 12.1 Å². The minimum Gasteiger partial charge on any atom is -0.380 e. The number of hydrogen-bond acceptors (Lipinski definition) is 3. The van der Waals surface area contributed by atoms with E-state index in [4.69, 9.17) is 4.74 Å². The molecule has 0 radical (unpaired) electrons. The number of carbonyl (C=O) groups excluding carboxylic acids is 1. The molecule has 2 aliphatic rings. The van der Waals surface area contributed by atoms with Gasteiger partial charge in [0.15, 0.2) is 0 Å². The Balaban J connectivity index is 1.91. The maximum atomic E-state index is 11.5. The van der Waals surface area contributed by atoms with Crippen molar-refractivity contribution in [1.29, 1.82) is 0 Å². The highest BCUT2D eigenvalue weighted by molar-refractivity contribution is 5.85. The van der Waals surface area contributed by atoms with Crippen LogP contribution in [0.25, 0.3) is 0 Å². The molecule has 0 spiro atoms. The highest BCUT2D eigenvalue weighted by atomic mass is 16.5. The molecule has 1 aliphatic carbocycles. The average Bonchev–Trinajstić information content (AvgIpc) is 2.71. The van der Waals surface area contributed by atoms with Crippen molar-refractivity contribution in [2.45, 2.75) is 37.8 Å². The van der Waals surface area contributed by atoms with Crippen molar-refractivity contribution in [2.75, 3.05) is 20.2 Å². The van der Waals surface area contributed by atoms with Gasteiger partial charge >= 0.3 is 0 Å². The molecule has 1 aliphatic heterocycles. The number of nitrogens with zero attached hydrogens (tertiary/aromatic N) is 1. The molecule has 2 atom stereocenters. The van der Waals surface area contributed by atoms with Crippen LogP contribution in [0.3, 0.4) is 0 Å². The molecule has 0 aromatic rings. The molecule has 2 unspecified atom stereocenters. The van der Waals surface area contributed by atoms with Crippen LogP contribution >= 0.6 is 0 Å². The van der Waals surface area contributed by atoms with E-state index in [0.717, 1.165) is 38.8 Å². The summed E-state index contributed by atoms with van der Waals surface area (Å²) in [6.45, 7) is 1.99. The Hall–Kier alpha value is -0.410. The molecule has 13 heavy (non-hydrogen) atoms. The monoisotopic (exact) mass is 183 g/mol. The Morgan fingerprint density at radius 1 is 1.46 bits per heavy atom. The Morgan fingerprint density at radius 2 is 2.31 bits per heavy atom. The Labute approximate surface area is 79.0 Å². The molecule has 1 saturated carbocycles. The summed E-state index contributed by atoms with van der Waals surface area (Å²) in [7, 11) is 1.75. The summed E-state index contributed by atoms with van der Waals surface area (Å²) in [4.78, 5) is 13.8. The maximum Gasteiger partial charge on any atom is 0.149 e.